The summed E-state index contributed by atoms with van der Waals surface area (Å²) in [6.45, 7) is 3.71. The molecule has 1 aromatic rings. The standard InChI is InChI=1S/C14H22N2O/c1-3-11-6-7-14-13(9-11)16(2)12(10-17-14)5-4-8-15/h6-7,9,12H,3-5,8,10,15H2,1-2H3. The van der Waals surface area contributed by atoms with Gasteiger partial charge < -0.3 is 15.4 Å². The molecule has 17 heavy (non-hydrogen) atoms. The van der Waals surface area contributed by atoms with Crippen molar-refractivity contribution in [3.05, 3.63) is 23.8 Å². The SMILES string of the molecule is CCc1ccc2c(c1)N(C)C(CCCN)CO2. The number of aryl methyl sites for hydroxylation is 1. The normalized spacial score (nSPS) is 18.8. The van der Waals surface area contributed by atoms with E-state index in [1.807, 2.05) is 0 Å². The van der Waals surface area contributed by atoms with Crippen molar-refractivity contribution in [1.82, 2.24) is 0 Å². The van der Waals surface area contributed by atoms with Crippen molar-refractivity contribution in [1.29, 1.82) is 0 Å². The minimum atomic E-state index is 0.457. The third-order valence-electron chi connectivity index (χ3n) is 3.53. The zero-order valence-corrected chi connectivity index (χ0v) is 10.8. The van der Waals surface area contributed by atoms with Crippen molar-refractivity contribution in [3.8, 4) is 5.75 Å². The number of benzene rings is 1. The molecule has 0 radical (unpaired) electrons. The van der Waals surface area contributed by atoms with Gasteiger partial charge >= 0.3 is 0 Å². The predicted molar refractivity (Wildman–Crippen MR) is 71.8 cm³/mol. The maximum Gasteiger partial charge on any atom is 0.142 e. The molecule has 1 aromatic carbocycles. The van der Waals surface area contributed by atoms with E-state index in [0.717, 1.165) is 38.2 Å². The summed E-state index contributed by atoms with van der Waals surface area (Å²) >= 11 is 0. The monoisotopic (exact) mass is 234 g/mol. The summed E-state index contributed by atoms with van der Waals surface area (Å²) in [5.74, 6) is 1.01. The van der Waals surface area contributed by atoms with Gasteiger partial charge in [0.15, 0.2) is 0 Å². The minimum Gasteiger partial charge on any atom is -0.489 e. The topological polar surface area (TPSA) is 38.5 Å². The maximum atomic E-state index is 5.82. The van der Waals surface area contributed by atoms with E-state index in [4.69, 9.17) is 10.5 Å². The molecule has 94 valence electrons. The smallest absolute Gasteiger partial charge is 0.142 e. The second kappa shape index (κ2) is 5.41. The molecule has 3 heteroatoms. The fourth-order valence-electron chi connectivity index (χ4n) is 2.31. The van der Waals surface area contributed by atoms with Crippen molar-refractivity contribution in [2.45, 2.75) is 32.2 Å². The Bertz CT molecular complexity index is 378. The van der Waals surface area contributed by atoms with Crippen LogP contribution >= 0.6 is 0 Å². The third kappa shape index (κ3) is 2.55. The molecule has 1 aliphatic rings. The second-order valence-corrected chi connectivity index (χ2v) is 4.66. The van der Waals surface area contributed by atoms with Crippen molar-refractivity contribution < 1.29 is 4.74 Å². The molecule has 1 heterocycles. The first-order valence-electron chi connectivity index (χ1n) is 6.45. The molecule has 0 saturated heterocycles. The van der Waals surface area contributed by atoms with Crippen molar-refractivity contribution in [2.24, 2.45) is 5.73 Å². The van der Waals surface area contributed by atoms with Crippen LogP contribution in [0.2, 0.25) is 0 Å². The lowest BCUT2D eigenvalue weighted by Gasteiger charge is -2.36. The molecule has 1 unspecified atom stereocenters. The second-order valence-electron chi connectivity index (χ2n) is 4.66. The molecule has 2 N–H and O–H groups in total. The van der Waals surface area contributed by atoms with Crippen LogP contribution in [0.5, 0.6) is 5.75 Å². The molecule has 0 saturated carbocycles. The highest BCUT2D eigenvalue weighted by molar-refractivity contribution is 5.61. The lowest BCUT2D eigenvalue weighted by Crippen LogP contribution is -2.40. The molecule has 0 aliphatic carbocycles. The number of nitrogens with zero attached hydrogens (tertiary/aromatic N) is 1. The van der Waals surface area contributed by atoms with Crippen molar-refractivity contribution in [3.63, 3.8) is 0 Å². The first-order valence-corrected chi connectivity index (χ1v) is 6.45. The van der Waals surface area contributed by atoms with Gasteiger partial charge in [-0.25, -0.2) is 0 Å². The Morgan fingerprint density at radius 3 is 3.00 bits per heavy atom. The number of rotatable bonds is 4. The quantitative estimate of drug-likeness (QED) is 0.868. The number of hydrogen-bond acceptors (Lipinski definition) is 3. The van der Waals surface area contributed by atoms with Crippen LogP contribution in [0.3, 0.4) is 0 Å². The molecule has 1 aliphatic heterocycles. The number of hydrogen-bond donors (Lipinski definition) is 1. The zero-order chi connectivity index (χ0) is 12.3. The van der Waals surface area contributed by atoms with E-state index in [1.165, 1.54) is 11.3 Å². The Morgan fingerprint density at radius 2 is 2.29 bits per heavy atom. The fraction of sp³-hybridized carbons (Fsp3) is 0.571. The highest BCUT2D eigenvalue weighted by Gasteiger charge is 2.24. The van der Waals surface area contributed by atoms with Crippen LogP contribution in [-0.2, 0) is 6.42 Å². The third-order valence-corrected chi connectivity index (χ3v) is 3.53. The minimum absolute atomic E-state index is 0.457. The van der Waals surface area contributed by atoms with Crippen molar-refractivity contribution >= 4 is 5.69 Å². The van der Waals surface area contributed by atoms with Gasteiger partial charge in [0.2, 0.25) is 0 Å². The first-order chi connectivity index (χ1) is 8.26. The van der Waals surface area contributed by atoms with Gasteiger partial charge in [0.25, 0.3) is 0 Å². The summed E-state index contributed by atoms with van der Waals surface area (Å²) in [6, 6.07) is 6.93. The zero-order valence-electron chi connectivity index (χ0n) is 10.8. The van der Waals surface area contributed by atoms with Crippen LogP contribution in [0.25, 0.3) is 0 Å². The lowest BCUT2D eigenvalue weighted by molar-refractivity contribution is 0.258. The average molecular weight is 234 g/mol. The highest BCUT2D eigenvalue weighted by atomic mass is 16.5. The van der Waals surface area contributed by atoms with Crippen LogP contribution in [0.15, 0.2) is 18.2 Å². The van der Waals surface area contributed by atoms with Gasteiger partial charge in [0.1, 0.15) is 12.4 Å². The van der Waals surface area contributed by atoms with Crippen LogP contribution in [0.1, 0.15) is 25.3 Å². The van der Waals surface area contributed by atoms with E-state index in [0.29, 0.717) is 6.04 Å². The molecular weight excluding hydrogens is 212 g/mol. The molecule has 0 fully saturated rings. The molecule has 2 rings (SSSR count). The van der Waals surface area contributed by atoms with Gasteiger partial charge in [0.05, 0.1) is 11.7 Å². The highest BCUT2D eigenvalue weighted by Crippen LogP contribution is 2.34. The Balaban J connectivity index is 2.18. The Labute approximate surface area is 104 Å². The summed E-state index contributed by atoms with van der Waals surface area (Å²) in [5, 5.41) is 0. The van der Waals surface area contributed by atoms with E-state index < -0.39 is 0 Å². The average Bonchev–Trinajstić information content (AvgIpc) is 2.38. The lowest BCUT2D eigenvalue weighted by atomic mass is 10.1. The summed E-state index contributed by atoms with van der Waals surface area (Å²) in [5.41, 5.74) is 8.15. The van der Waals surface area contributed by atoms with E-state index in [9.17, 15) is 0 Å². The van der Waals surface area contributed by atoms with Gasteiger partial charge in [-0.2, -0.15) is 0 Å². The van der Waals surface area contributed by atoms with E-state index >= 15 is 0 Å². The molecule has 1 atom stereocenters. The summed E-state index contributed by atoms with van der Waals surface area (Å²) in [7, 11) is 2.15. The number of fused-ring (bicyclic) bond motifs is 1. The molecule has 0 bridgehead atoms. The predicted octanol–water partition coefficient (Wildman–Crippen LogP) is 2.19. The maximum absolute atomic E-state index is 5.82. The van der Waals surface area contributed by atoms with Gasteiger partial charge in [-0.15, -0.1) is 0 Å². The number of anilines is 1. The van der Waals surface area contributed by atoms with Crippen molar-refractivity contribution in [2.75, 3.05) is 25.1 Å². The fourth-order valence-corrected chi connectivity index (χ4v) is 2.31. The van der Waals surface area contributed by atoms with E-state index in [2.05, 4.69) is 37.1 Å². The first kappa shape index (κ1) is 12.2. The number of ether oxygens (including phenoxy) is 1. The Morgan fingerprint density at radius 1 is 1.47 bits per heavy atom. The van der Waals surface area contributed by atoms with Gasteiger partial charge in [0, 0.05) is 7.05 Å². The number of nitrogens with two attached hydrogens (primary N) is 1. The van der Waals surface area contributed by atoms with Crippen LogP contribution < -0.4 is 15.4 Å². The summed E-state index contributed by atoms with van der Waals surface area (Å²) < 4.78 is 5.82. The molecule has 0 spiro atoms. The molecule has 0 aromatic heterocycles. The van der Waals surface area contributed by atoms with Crippen LogP contribution in [0.4, 0.5) is 5.69 Å². The van der Waals surface area contributed by atoms with Gasteiger partial charge in [-0.3, -0.25) is 0 Å². The van der Waals surface area contributed by atoms with Gasteiger partial charge in [-0.05, 0) is 43.5 Å². The van der Waals surface area contributed by atoms with Crippen LogP contribution in [-0.4, -0.2) is 26.2 Å². The van der Waals surface area contributed by atoms with Crippen LogP contribution in [0, 0.1) is 0 Å². The van der Waals surface area contributed by atoms with E-state index in [1.54, 1.807) is 0 Å². The summed E-state index contributed by atoms with van der Waals surface area (Å²) in [4.78, 5) is 2.34. The molecule has 3 nitrogen and oxygen atoms in total. The van der Waals surface area contributed by atoms with Gasteiger partial charge in [-0.1, -0.05) is 13.0 Å². The summed E-state index contributed by atoms with van der Waals surface area (Å²) in [6.07, 6.45) is 3.22. The Hall–Kier alpha value is -1.22. The molecule has 0 amide bonds. The Kier molecular flexibility index (Phi) is 3.89. The molecular formula is C14H22N2O. The number of likely N-dealkylation sites (N-methyl/N-ethyl adjacent to an activating group) is 1. The van der Waals surface area contributed by atoms with E-state index in [-0.39, 0.29) is 0 Å². The largest absolute Gasteiger partial charge is 0.489 e.